The number of aromatic nitrogens is 2. The van der Waals surface area contributed by atoms with Gasteiger partial charge in [-0.15, -0.1) is 0 Å². The number of rotatable bonds is 4. The van der Waals surface area contributed by atoms with Crippen molar-refractivity contribution in [2.75, 3.05) is 20.3 Å². The number of ether oxygens (including phenoxy) is 1. The average molecular weight is 443 g/mol. The van der Waals surface area contributed by atoms with Crippen molar-refractivity contribution in [3.63, 3.8) is 0 Å². The molecule has 0 N–H and O–H groups in total. The molecule has 1 atom stereocenters. The lowest BCUT2D eigenvalue weighted by molar-refractivity contribution is 0.140. The van der Waals surface area contributed by atoms with Crippen LogP contribution in [0.25, 0.3) is 11.8 Å². The summed E-state index contributed by atoms with van der Waals surface area (Å²) in [5.74, 6) is 1.77. The maximum atomic E-state index is 5.71. The molecule has 0 amide bonds. The molecule has 0 saturated carbocycles. The van der Waals surface area contributed by atoms with Gasteiger partial charge in [0.1, 0.15) is 12.4 Å². The fourth-order valence-corrected chi connectivity index (χ4v) is 4.71. The topological polar surface area (TPSA) is 51.9 Å². The second-order valence-electron chi connectivity index (χ2n) is 8.78. The smallest absolute Gasteiger partial charge is 0.171 e. The normalized spacial score (nSPS) is 19.5. The first-order valence-electron chi connectivity index (χ1n) is 11.6. The summed E-state index contributed by atoms with van der Waals surface area (Å²) in [5.41, 5.74) is 6.83. The highest BCUT2D eigenvalue weighted by molar-refractivity contribution is 6.02. The van der Waals surface area contributed by atoms with E-state index in [-0.39, 0.29) is 6.04 Å². The summed E-state index contributed by atoms with van der Waals surface area (Å²) >= 11 is 0. The van der Waals surface area contributed by atoms with Crippen molar-refractivity contribution in [2.24, 2.45) is 5.16 Å². The van der Waals surface area contributed by atoms with E-state index in [1.807, 2.05) is 24.0 Å². The standard InChI is InChI=1S/C27H30N4O2/c1-19-6-9-22(10-7-19)24-12-14-33-29-27-23(5-4-13-31(24)27)15-21-8-11-25(26(16-21)32-3)30-17-20(2)28-18-30/h6-11,15-18,24H,4-5,12-14H2,1-3H3. The van der Waals surface area contributed by atoms with Crippen molar-refractivity contribution in [2.45, 2.75) is 39.2 Å². The Hall–Kier alpha value is -3.54. The number of nitrogens with zero attached hydrogens (tertiary/aromatic N) is 4. The second-order valence-corrected chi connectivity index (χ2v) is 8.78. The summed E-state index contributed by atoms with van der Waals surface area (Å²) in [5, 5.41) is 4.56. The second kappa shape index (κ2) is 9.14. The van der Waals surface area contributed by atoms with Gasteiger partial charge in [0.05, 0.1) is 30.9 Å². The number of oxime groups is 1. The Bertz CT molecular complexity index is 1190. The predicted octanol–water partition coefficient (Wildman–Crippen LogP) is 5.45. The minimum absolute atomic E-state index is 0.275. The molecular weight excluding hydrogens is 412 g/mol. The van der Waals surface area contributed by atoms with E-state index in [0.29, 0.717) is 6.61 Å². The summed E-state index contributed by atoms with van der Waals surface area (Å²) < 4.78 is 7.70. The third kappa shape index (κ3) is 4.38. The van der Waals surface area contributed by atoms with Gasteiger partial charge in [0.15, 0.2) is 5.84 Å². The molecule has 1 aromatic heterocycles. The average Bonchev–Trinajstić information content (AvgIpc) is 3.14. The highest BCUT2D eigenvalue weighted by atomic mass is 16.6. The van der Waals surface area contributed by atoms with Crippen molar-refractivity contribution in [3.8, 4) is 11.4 Å². The number of methoxy groups -OCH3 is 1. The van der Waals surface area contributed by atoms with Crippen LogP contribution in [-0.2, 0) is 4.84 Å². The lowest BCUT2D eigenvalue weighted by Crippen LogP contribution is -2.39. The Balaban J connectivity index is 1.47. The molecule has 0 spiro atoms. The molecule has 2 aliphatic rings. The minimum atomic E-state index is 0.275. The molecular formula is C27H30N4O2. The van der Waals surface area contributed by atoms with Crippen molar-refractivity contribution < 1.29 is 9.57 Å². The molecule has 0 aliphatic carbocycles. The summed E-state index contributed by atoms with van der Waals surface area (Å²) in [6.45, 7) is 5.72. The van der Waals surface area contributed by atoms with Crippen LogP contribution < -0.4 is 4.74 Å². The largest absolute Gasteiger partial charge is 0.495 e. The van der Waals surface area contributed by atoms with Crippen molar-refractivity contribution in [1.82, 2.24) is 14.5 Å². The van der Waals surface area contributed by atoms with Gasteiger partial charge in [-0.3, -0.25) is 0 Å². The van der Waals surface area contributed by atoms with Crippen LogP contribution in [0.2, 0.25) is 0 Å². The van der Waals surface area contributed by atoms with Crippen molar-refractivity contribution in [3.05, 3.63) is 82.9 Å². The SMILES string of the molecule is COc1cc(C=C2CCCN3C2=NOCCC3c2ccc(C)cc2)ccc1-n1cnc(C)c1. The predicted molar refractivity (Wildman–Crippen MR) is 131 cm³/mol. The molecule has 2 aliphatic heterocycles. The number of amidine groups is 1. The van der Waals surface area contributed by atoms with E-state index in [0.717, 1.165) is 54.3 Å². The zero-order chi connectivity index (χ0) is 22.8. The Morgan fingerprint density at radius 3 is 2.73 bits per heavy atom. The molecule has 1 saturated heterocycles. The van der Waals surface area contributed by atoms with Crippen LogP contribution in [0, 0.1) is 13.8 Å². The number of hydrogen-bond acceptors (Lipinski definition) is 5. The molecule has 0 bridgehead atoms. The molecule has 3 aromatic rings. The first kappa shape index (κ1) is 21.3. The van der Waals surface area contributed by atoms with Gasteiger partial charge in [0.2, 0.25) is 0 Å². The Labute approximate surface area is 195 Å². The quantitative estimate of drug-likeness (QED) is 0.539. The van der Waals surface area contributed by atoms with Gasteiger partial charge in [-0.25, -0.2) is 4.98 Å². The molecule has 1 unspecified atom stereocenters. The van der Waals surface area contributed by atoms with E-state index in [1.54, 1.807) is 7.11 Å². The summed E-state index contributed by atoms with van der Waals surface area (Å²) in [6.07, 6.45) is 9.03. The third-order valence-corrected chi connectivity index (χ3v) is 6.41. The van der Waals surface area contributed by atoms with Gasteiger partial charge in [-0.1, -0.05) is 41.1 Å². The van der Waals surface area contributed by atoms with E-state index in [9.17, 15) is 0 Å². The zero-order valence-electron chi connectivity index (χ0n) is 19.5. The molecule has 0 radical (unpaired) electrons. The molecule has 3 heterocycles. The number of piperidine rings is 1. The van der Waals surface area contributed by atoms with Gasteiger partial charge in [0, 0.05) is 19.2 Å². The van der Waals surface area contributed by atoms with E-state index >= 15 is 0 Å². The number of benzene rings is 2. The molecule has 5 rings (SSSR count). The van der Waals surface area contributed by atoms with Crippen LogP contribution in [0.3, 0.4) is 0 Å². The molecule has 2 aromatic carbocycles. The summed E-state index contributed by atoms with van der Waals surface area (Å²) in [6, 6.07) is 15.4. The van der Waals surface area contributed by atoms with Gasteiger partial charge in [-0.05, 0) is 61.6 Å². The van der Waals surface area contributed by atoms with Crippen LogP contribution in [-0.4, -0.2) is 40.5 Å². The Morgan fingerprint density at radius 1 is 1.12 bits per heavy atom. The first-order valence-corrected chi connectivity index (χ1v) is 11.6. The fraction of sp³-hybridized carbons (Fsp3) is 0.333. The van der Waals surface area contributed by atoms with Gasteiger partial charge in [-0.2, -0.15) is 0 Å². The van der Waals surface area contributed by atoms with Gasteiger partial charge >= 0.3 is 0 Å². The van der Waals surface area contributed by atoms with Crippen molar-refractivity contribution in [1.29, 1.82) is 0 Å². The third-order valence-electron chi connectivity index (χ3n) is 6.41. The molecule has 6 nitrogen and oxygen atoms in total. The first-order chi connectivity index (χ1) is 16.1. The fourth-order valence-electron chi connectivity index (χ4n) is 4.71. The van der Waals surface area contributed by atoms with Gasteiger partial charge in [0.25, 0.3) is 0 Å². The Kier molecular flexibility index (Phi) is 5.90. The van der Waals surface area contributed by atoms with E-state index in [2.05, 4.69) is 70.5 Å². The lowest BCUT2D eigenvalue weighted by atomic mass is 9.94. The Morgan fingerprint density at radius 2 is 1.97 bits per heavy atom. The van der Waals surface area contributed by atoms with Crippen LogP contribution in [0.4, 0.5) is 0 Å². The van der Waals surface area contributed by atoms with Crippen LogP contribution in [0.5, 0.6) is 5.75 Å². The minimum Gasteiger partial charge on any atom is -0.495 e. The number of imidazole rings is 1. The van der Waals surface area contributed by atoms with Gasteiger partial charge < -0.3 is 19.0 Å². The van der Waals surface area contributed by atoms with E-state index in [1.165, 1.54) is 16.7 Å². The summed E-state index contributed by atoms with van der Waals surface area (Å²) in [7, 11) is 1.71. The highest BCUT2D eigenvalue weighted by Gasteiger charge is 2.31. The number of fused-ring (bicyclic) bond motifs is 1. The highest BCUT2D eigenvalue weighted by Crippen LogP contribution is 2.34. The maximum Gasteiger partial charge on any atom is 0.171 e. The maximum absolute atomic E-state index is 5.71. The molecule has 170 valence electrons. The van der Waals surface area contributed by atoms with Crippen LogP contribution in [0.1, 0.15) is 47.7 Å². The number of aryl methyl sites for hydroxylation is 2. The van der Waals surface area contributed by atoms with E-state index < -0.39 is 0 Å². The van der Waals surface area contributed by atoms with Crippen LogP contribution in [0.15, 0.2) is 65.7 Å². The molecule has 6 heteroatoms. The van der Waals surface area contributed by atoms with Crippen molar-refractivity contribution >= 4 is 11.9 Å². The monoisotopic (exact) mass is 442 g/mol. The summed E-state index contributed by atoms with van der Waals surface area (Å²) in [4.78, 5) is 12.5. The lowest BCUT2D eigenvalue weighted by Gasteiger charge is -2.36. The molecule has 33 heavy (non-hydrogen) atoms. The van der Waals surface area contributed by atoms with E-state index in [4.69, 9.17) is 9.57 Å². The van der Waals surface area contributed by atoms with Crippen LogP contribution >= 0.6 is 0 Å². The zero-order valence-corrected chi connectivity index (χ0v) is 19.5. The number of hydrogen-bond donors (Lipinski definition) is 0. The molecule has 1 fully saturated rings.